The smallest absolute Gasteiger partial charge is 0.387 e. The second kappa shape index (κ2) is 12.2. The van der Waals surface area contributed by atoms with Crippen LogP contribution in [0.25, 0.3) is 0 Å². The monoisotopic (exact) mass is 582 g/mol. The van der Waals surface area contributed by atoms with Crippen molar-refractivity contribution in [3.8, 4) is 5.75 Å². The molecule has 2 aromatic rings. The minimum Gasteiger partial charge on any atom is -0.433 e. The fourth-order valence-electron chi connectivity index (χ4n) is 4.73. The number of carbonyl (C=O) groups excluding carboxylic acids is 3. The summed E-state index contributed by atoms with van der Waals surface area (Å²) < 4.78 is 36.9. The van der Waals surface area contributed by atoms with Crippen LogP contribution in [0, 0.1) is 11.8 Å². The number of carbonyl (C=O) groups is 3. The molecule has 5 rings (SSSR count). The molecule has 13 heteroatoms. The molecule has 0 radical (unpaired) electrons. The van der Waals surface area contributed by atoms with E-state index in [2.05, 4.69) is 16.0 Å². The third-order valence-corrected chi connectivity index (χ3v) is 8.20. The van der Waals surface area contributed by atoms with Crippen molar-refractivity contribution in [1.29, 1.82) is 0 Å². The summed E-state index contributed by atoms with van der Waals surface area (Å²) in [6, 6.07) is 6.83. The number of hydrogen-bond donors (Lipinski definition) is 3. The summed E-state index contributed by atoms with van der Waals surface area (Å²) in [6.07, 6.45) is 4.32. The van der Waals surface area contributed by atoms with E-state index in [-0.39, 0.29) is 49.0 Å². The second-order valence-electron chi connectivity index (χ2n) is 9.88. The maximum absolute atomic E-state index is 13.5. The maximum Gasteiger partial charge on any atom is 0.387 e. The zero-order valence-corrected chi connectivity index (χ0v) is 22.5. The van der Waals surface area contributed by atoms with Crippen LogP contribution in [0.15, 0.2) is 30.3 Å². The van der Waals surface area contributed by atoms with Gasteiger partial charge >= 0.3 is 6.61 Å². The van der Waals surface area contributed by atoms with Crippen molar-refractivity contribution in [2.24, 2.45) is 11.8 Å². The number of hydrogen-bond acceptors (Lipinski definition) is 7. The van der Waals surface area contributed by atoms with Crippen molar-refractivity contribution in [3.63, 3.8) is 0 Å². The highest BCUT2D eigenvalue weighted by Gasteiger charge is 2.43. The van der Waals surface area contributed by atoms with Crippen LogP contribution in [-0.2, 0) is 14.3 Å². The van der Waals surface area contributed by atoms with E-state index in [0.29, 0.717) is 33.3 Å². The predicted octanol–water partition coefficient (Wildman–Crippen LogP) is 3.88. The lowest BCUT2D eigenvalue weighted by atomic mass is 10.1. The van der Waals surface area contributed by atoms with Gasteiger partial charge in [0.1, 0.15) is 12.6 Å². The number of benzene rings is 1. The van der Waals surface area contributed by atoms with Crippen LogP contribution in [-0.4, -0.2) is 62.7 Å². The standard InChI is InChI=1S/C26H29ClF2N4O5S/c27-21-8-7-20(39-21)25(36)30-12-18(31-23(14-1-2-14)15-3-4-15)24(35)32-17-6-5-16(11-19(17)38-26(28)29)33-9-10-37-13-22(33)34/h5-8,11,14-15,18,23,26,31H,1-4,9-10,12-13H2,(H,30,36)(H,32,35)/t18-/m1/s1. The zero-order chi connectivity index (χ0) is 27.5. The lowest BCUT2D eigenvalue weighted by molar-refractivity contribution is -0.125. The number of halogens is 3. The average molecular weight is 583 g/mol. The Hall–Kier alpha value is -2.80. The van der Waals surface area contributed by atoms with Crippen LogP contribution in [0.4, 0.5) is 20.2 Å². The number of rotatable bonds is 12. The van der Waals surface area contributed by atoms with E-state index in [1.54, 1.807) is 18.2 Å². The second-order valence-corrected chi connectivity index (χ2v) is 11.6. The van der Waals surface area contributed by atoms with Crippen LogP contribution < -0.4 is 25.6 Å². The Morgan fingerprint density at radius 1 is 1.15 bits per heavy atom. The van der Waals surface area contributed by atoms with Crippen LogP contribution in [0.5, 0.6) is 5.75 Å². The Morgan fingerprint density at radius 2 is 1.90 bits per heavy atom. The van der Waals surface area contributed by atoms with Crippen LogP contribution in [0.2, 0.25) is 4.34 Å². The molecule has 1 aliphatic heterocycles. The normalized spacial score (nSPS) is 18.4. The fourth-order valence-corrected chi connectivity index (χ4v) is 5.69. The summed E-state index contributed by atoms with van der Waals surface area (Å²) in [4.78, 5) is 40.2. The van der Waals surface area contributed by atoms with Crippen molar-refractivity contribution >= 4 is 52.0 Å². The molecule has 9 nitrogen and oxygen atoms in total. The van der Waals surface area contributed by atoms with E-state index >= 15 is 0 Å². The van der Waals surface area contributed by atoms with Gasteiger partial charge in [0.25, 0.3) is 11.8 Å². The largest absolute Gasteiger partial charge is 0.433 e. The van der Waals surface area contributed by atoms with Crippen LogP contribution in [0.3, 0.4) is 0 Å². The number of nitrogens with zero attached hydrogens (tertiary/aromatic N) is 1. The van der Waals surface area contributed by atoms with E-state index in [9.17, 15) is 23.2 Å². The van der Waals surface area contributed by atoms with Gasteiger partial charge in [-0.05, 0) is 61.8 Å². The van der Waals surface area contributed by atoms with Crippen LogP contribution >= 0.6 is 22.9 Å². The van der Waals surface area contributed by atoms with E-state index in [4.69, 9.17) is 21.1 Å². The average Bonchev–Trinajstić information content (AvgIpc) is 3.84. The molecule has 39 heavy (non-hydrogen) atoms. The first-order valence-corrected chi connectivity index (χ1v) is 14.1. The molecule has 3 amide bonds. The van der Waals surface area contributed by atoms with Crippen molar-refractivity contribution in [2.75, 3.05) is 36.5 Å². The summed E-state index contributed by atoms with van der Waals surface area (Å²) in [5.41, 5.74) is 0.387. The number of morpholine rings is 1. The van der Waals surface area contributed by atoms with Gasteiger partial charge in [0, 0.05) is 30.9 Å². The summed E-state index contributed by atoms with van der Waals surface area (Å²) in [7, 11) is 0. The first-order chi connectivity index (χ1) is 18.8. The molecule has 1 saturated heterocycles. The molecular weight excluding hydrogens is 554 g/mol. The zero-order valence-electron chi connectivity index (χ0n) is 21.0. The van der Waals surface area contributed by atoms with Crippen molar-refractivity contribution in [3.05, 3.63) is 39.5 Å². The van der Waals surface area contributed by atoms with Gasteiger partial charge in [-0.3, -0.25) is 14.4 Å². The lowest BCUT2D eigenvalue weighted by Gasteiger charge is -2.28. The quantitative estimate of drug-likeness (QED) is 0.350. The van der Waals surface area contributed by atoms with Gasteiger partial charge in [-0.25, -0.2) is 0 Å². The molecule has 0 unspecified atom stereocenters. The van der Waals surface area contributed by atoms with Gasteiger partial charge in [0.05, 0.1) is 21.5 Å². The molecule has 1 aromatic heterocycles. The Morgan fingerprint density at radius 3 is 2.51 bits per heavy atom. The summed E-state index contributed by atoms with van der Waals surface area (Å²) in [5.74, 6) is -0.487. The molecule has 3 aliphatic rings. The maximum atomic E-state index is 13.5. The summed E-state index contributed by atoms with van der Waals surface area (Å²) in [5, 5.41) is 8.91. The molecule has 0 bridgehead atoms. The van der Waals surface area contributed by atoms with Gasteiger partial charge in [-0.1, -0.05) is 11.6 Å². The SMILES string of the molecule is O=C(NC[C@@H](NC(C1CC1)C1CC1)C(=O)Nc1ccc(N2CCOCC2=O)cc1OC(F)F)c1ccc(Cl)s1. The Balaban J connectivity index is 1.33. The van der Waals surface area contributed by atoms with Gasteiger partial charge in [-0.15, -0.1) is 11.3 Å². The van der Waals surface area contributed by atoms with E-state index in [0.717, 1.165) is 37.0 Å². The predicted molar refractivity (Wildman–Crippen MR) is 143 cm³/mol. The Labute approximate surface area is 233 Å². The third-order valence-electron chi connectivity index (χ3n) is 6.97. The first-order valence-electron chi connectivity index (χ1n) is 12.9. The molecule has 3 N–H and O–H groups in total. The number of anilines is 2. The van der Waals surface area contributed by atoms with Gasteiger partial charge in [0.2, 0.25) is 5.91 Å². The fraction of sp³-hybridized carbons (Fsp3) is 0.500. The van der Waals surface area contributed by atoms with Crippen molar-refractivity contribution < 1.29 is 32.6 Å². The molecular formula is C26H29ClF2N4O5S. The minimum absolute atomic E-state index is 0.0124. The topological polar surface area (TPSA) is 109 Å². The minimum atomic E-state index is -3.14. The number of alkyl halides is 2. The van der Waals surface area contributed by atoms with Gasteiger partial charge < -0.3 is 30.3 Å². The van der Waals surface area contributed by atoms with Gasteiger partial charge in [0.15, 0.2) is 5.75 Å². The molecule has 210 valence electrons. The molecule has 3 fully saturated rings. The number of thiophene rings is 1. The summed E-state index contributed by atoms with van der Waals surface area (Å²) in [6.45, 7) is -2.68. The molecule has 0 spiro atoms. The van der Waals surface area contributed by atoms with Crippen molar-refractivity contribution in [2.45, 2.75) is 44.4 Å². The van der Waals surface area contributed by atoms with Crippen molar-refractivity contribution in [1.82, 2.24) is 10.6 Å². The van der Waals surface area contributed by atoms with E-state index < -0.39 is 18.6 Å². The molecule has 2 saturated carbocycles. The number of nitrogens with one attached hydrogen (secondary N) is 3. The van der Waals surface area contributed by atoms with E-state index in [1.807, 2.05) is 0 Å². The highest BCUT2D eigenvalue weighted by molar-refractivity contribution is 7.18. The van der Waals surface area contributed by atoms with Crippen LogP contribution in [0.1, 0.15) is 35.4 Å². The number of ether oxygens (including phenoxy) is 2. The lowest BCUT2D eigenvalue weighted by Crippen LogP contribution is -2.53. The Bertz CT molecular complexity index is 1210. The molecule has 2 aliphatic carbocycles. The highest BCUT2D eigenvalue weighted by atomic mass is 35.5. The Kier molecular flexibility index (Phi) is 8.65. The summed E-state index contributed by atoms with van der Waals surface area (Å²) >= 11 is 7.08. The molecule has 1 aromatic carbocycles. The molecule has 1 atom stereocenters. The first kappa shape index (κ1) is 27.8. The highest BCUT2D eigenvalue weighted by Crippen LogP contribution is 2.44. The molecule has 2 heterocycles. The third kappa shape index (κ3) is 7.24. The number of amides is 3. The van der Waals surface area contributed by atoms with Gasteiger partial charge in [-0.2, -0.15) is 8.78 Å². The van der Waals surface area contributed by atoms with E-state index in [1.165, 1.54) is 17.0 Å².